The van der Waals surface area contributed by atoms with E-state index in [2.05, 4.69) is 58.4 Å². The van der Waals surface area contributed by atoms with Crippen molar-refractivity contribution in [3.05, 3.63) is 65.7 Å². The Kier molecular flexibility index (Phi) is 5.32. The average molecular weight is 378 g/mol. The predicted molar refractivity (Wildman–Crippen MR) is 111 cm³/mol. The molecule has 6 nitrogen and oxygen atoms in total. The van der Waals surface area contributed by atoms with Gasteiger partial charge in [0.05, 0.1) is 11.4 Å². The molecule has 1 fully saturated rings. The standard InChI is InChI=1S/C22H26N4O2/c1-2-25-13-12-18(15-25)26-20-9-4-3-8-19(20)23-22(26)17-7-5-6-16(14-17)10-11-21(27)24-28/h3-11,14,18,22-23,28H,2,12-13,15H2,1H3,(H,24,27)/b11-10+. The molecule has 2 atom stereocenters. The zero-order valence-electron chi connectivity index (χ0n) is 16.0. The summed E-state index contributed by atoms with van der Waals surface area (Å²) in [5.41, 5.74) is 6.09. The van der Waals surface area contributed by atoms with Gasteiger partial charge in [-0.25, -0.2) is 5.48 Å². The number of carbonyl (C=O) groups excluding carboxylic acids is 1. The SMILES string of the molecule is CCN1CCC(N2c3ccccc3NC2c2cccc(/C=C/C(=O)NO)c2)C1. The first-order valence-electron chi connectivity index (χ1n) is 9.78. The smallest absolute Gasteiger partial charge is 0.267 e. The van der Waals surface area contributed by atoms with E-state index in [-0.39, 0.29) is 6.17 Å². The van der Waals surface area contributed by atoms with Crippen LogP contribution in [0.5, 0.6) is 0 Å². The van der Waals surface area contributed by atoms with Crippen LogP contribution in [-0.4, -0.2) is 41.7 Å². The monoisotopic (exact) mass is 378 g/mol. The summed E-state index contributed by atoms with van der Waals surface area (Å²) in [6.45, 7) is 5.50. The van der Waals surface area contributed by atoms with E-state index in [0.29, 0.717) is 6.04 Å². The molecular weight excluding hydrogens is 352 g/mol. The maximum absolute atomic E-state index is 11.3. The first-order valence-corrected chi connectivity index (χ1v) is 9.78. The van der Waals surface area contributed by atoms with Gasteiger partial charge in [-0.05, 0) is 48.4 Å². The van der Waals surface area contributed by atoms with Crippen LogP contribution in [0.2, 0.25) is 0 Å². The van der Waals surface area contributed by atoms with Crippen LogP contribution in [0.1, 0.15) is 30.6 Å². The molecule has 0 aromatic heterocycles. The zero-order valence-corrected chi connectivity index (χ0v) is 16.0. The molecule has 2 aliphatic rings. The second-order valence-electron chi connectivity index (χ2n) is 7.29. The van der Waals surface area contributed by atoms with Crippen molar-refractivity contribution >= 4 is 23.4 Å². The van der Waals surface area contributed by atoms with E-state index in [1.165, 1.54) is 11.8 Å². The molecular formula is C22H26N4O2. The Labute approximate surface area is 165 Å². The van der Waals surface area contributed by atoms with Gasteiger partial charge in [0.25, 0.3) is 5.91 Å². The molecule has 3 N–H and O–H groups in total. The lowest BCUT2D eigenvalue weighted by molar-refractivity contribution is -0.124. The number of anilines is 2. The van der Waals surface area contributed by atoms with Crippen LogP contribution < -0.4 is 15.7 Å². The molecule has 2 aromatic rings. The summed E-state index contributed by atoms with van der Waals surface area (Å²) >= 11 is 0. The molecule has 1 amide bonds. The third-order valence-corrected chi connectivity index (χ3v) is 5.60. The first-order chi connectivity index (χ1) is 13.7. The van der Waals surface area contributed by atoms with Gasteiger partial charge < -0.3 is 15.1 Å². The fourth-order valence-corrected chi connectivity index (χ4v) is 4.20. The number of amides is 1. The Hall–Kier alpha value is -2.83. The van der Waals surface area contributed by atoms with Crippen molar-refractivity contribution in [2.24, 2.45) is 0 Å². The van der Waals surface area contributed by atoms with Crippen LogP contribution in [-0.2, 0) is 4.79 Å². The van der Waals surface area contributed by atoms with E-state index in [4.69, 9.17) is 5.21 Å². The molecule has 1 saturated heterocycles. The fraction of sp³-hybridized carbons (Fsp3) is 0.318. The van der Waals surface area contributed by atoms with E-state index >= 15 is 0 Å². The third kappa shape index (κ3) is 3.61. The number of benzene rings is 2. The molecule has 2 aliphatic heterocycles. The number of hydrogen-bond acceptors (Lipinski definition) is 5. The number of nitrogens with zero attached hydrogens (tertiary/aromatic N) is 2. The Morgan fingerprint density at radius 1 is 1.29 bits per heavy atom. The number of carbonyl (C=O) groups is 1. The summed E-state index contributed by atoms with van der Waals surface area (Å²) in [5, 5.41) is 12.3. The second-order valence-corrected chi connectivity index (χ2v) is 7.29. The van der Waals surface area contributed by atoms with Gasteiger partial charge in [-0.15, -0.1) is 0 Å². The molecule has 0 saturated carbocycles. The maximum Gasteiger partial charge on any atom is 0.267 e. The topological polar surface area (TPSA) is 67.8 Å². The molecule has 4 rings (SSSR count). The summed E-state index contributed by atoms with van der Waals surface area (Å²) in [6, 6.07) is 17.1. The quantitative estimate of drug-likeness (QED) is 0.423. The van der Waals surface area contributed by atoms with Crippen molar-refractivity contribution in [1.29, 1.82) is 0 Å². The van der Waals surface area contributed by atoms with Crippen LogP contribution in [0.15, 0.2) is 54.6 Å². The Morgan fingerprint density at radius 3 is 2.93 bits per heavy atom. The van der Waals surface area contributed by atoms with Gasteiger partial charge in [0.1, 0.15) is 6.17 Å². The predicted octanol–water partition coefficient (Wildman–Crippen LogP) is 3.23. The molecule has 6 heteroatoms. The summed E-state index contributed by atoms with van der Waals surface area (Å²) < 4.78 is 0. The van der Waals surface area contributed by atoms with Gasteiger partial charge in [-0.3, -0.25) is 10.0 Å². The molecule has 0 radical (unpaired) electrons. The maximum atomic E-state index is 11.3. The number of para-hydroxylation sites is 2. The van der Waals surface area contributed by atoms with Crippen LogP contribution in [0.25, 0.3) is 6.08 Å². The lowest BCUT2D eigenvalue weighted by Crippen LogP contribution is -2.39. The molecule has 28 heavy (non-hydrogen) atoms. The summed E-state index contributed by atoms with van der Waals surface area (Å²) in [5.74, 6) is -0.538. The number of hydrogen-bond donors (Lipinski definition) is 3. The molecule has 0 spiro atoms. The molecule has 146 valence electrons. The molecule has 0 bridgehead atoms. The lowest BCUT2D eigenvalue weighted by Gasteiger charge is -2.33. The number of hydroxylamine groups is 1. The number of likely N-dealkylation sites (N-methyl/N-ethyl adjacent to an activating group) is 1. The zero-order chi connectivity index (χ0) is 19.5. The minimum absolute atomic E-state index is 0.0548. The largest absolute Gasteiger partial charge is 0.360 e. The van der Waals surface area contributed by atoms with Crippen molar-refractivity contribution in [2.75, 3.05) is 29.9 Å². The minimum atomic E-state index is -0.538. The molecule has 0 aliphatic carbocycles. The third-order valence-electron chi connectivity index (χ3n) is 5.60. The normalized spacial score (nSPS) is 21.7. The van der Waals surface area contributed by atoms with E-state index in [1.54, 1.807) is 11.6 Å². The highest BCUT2D eigenvalue weighted by Crippen LogP contribution is 2.43. The van der Waals surface area contributed by atoms with E-state index in [9.17, 15) is 4.79 Å². The van der Waals surface area contributed by atoms with Crippen LogP contribution >= 0.6 is 0 Å². The van der Waals surface area contributed by atoms with Gasteiger partial charge >= 0.3 is 0 Å². The van der Waals surface area contributed by atoms with Gasteiger partial charge in [0.15, 0.2) is 0 Å². The van der Waals surface area contributed by atoms with Gasteiger partial charge in [-0.2, -0.15) is 0 Å². The van der Waals surface area contributed by atoms with Crippen LogP contribution in [0.3, 0.4) is 0 Å². The van der Waals surface area contributed by atoms with Crippen LogP contribution in [0, 0.1) is 0 Å². The number of rotatable bonds is 5. The lowest BCUT2D eigenvalue weighted by atomic mass is 10.1. The highest BCUT2D eigenvalue weighted by atomic mass is 16.5. The van der Waals surface area contributed by atoms with Crippen molar-refractivity contribution in [3.63, 3.8) is 0 Å². The van der Waals surface area contributed by atoms with Gasteiger partial charge in [-0.1, -0.05) is 37.3 Å². The van der Waals surface area contributed by atoms with E-state index < -0.39 is 5.91 Å². The Balaban J connectivity index is 1.65. The average Bonchev–Trinajstić information content (AvgIpc) is 3.36. The summed E-state index contributed by atoms with van der Waals surface area (Å²) in [7, 11) is 0. The van der Waals surface area contributed by atoms with Crippen molar-refractivity contribution in [3.8, 4) is 0 Å². The van der Waals surface area contributed by atoms with Crippen molar-refractivity contribution in [2.45, 2.75) is 25.6 Å². The Bertz CT molecular complexity index is 882. The van der Waals surface area contributed by atoms with Gasteiger partial charge in [0.2, 0.25) is 0 Å². The molecule has 2 heterocycles. The van der Waals surface area contributed by atoms with E-state index in [1.807, 2.05) is 12.1 Å². The molecule has 2 aromatic carbocycles. The van der Waals surface area contributed by atoms with Crippen molar-refractivity contribution in [1.82, 2.24) is 10.4 Å². The number of nitrogens with one attached hydrogen (secondary N) is 2. The van der Waals surface area contributed by atoms with Gasteiger partial charge in [0, 0.05) is 25.2 Å². The number of fused-ring (bicyclic) bond motifs is 1. The highest BCUT2D eigenvalue weighted by molar-refractivity contribution is 5.90. The summed E-state index contributed by atoms with van der Waals surface area (Å²) in [4.78, 5) is 16.3. The Morgan fingerprint density at radius 2 is 2.14 bits per heavy atom. The minimum Gasteiger partial charge on any atom is -0.360 e. The second kappa shape index (κ2) is 8.04. The fourth-order valence-electron chi connectivity index (χ4n) is 4.20. The van der Waals surface area contributed by atoms with E-state index in [0.717, 1.165) is 42.9 Å². The molecule has 2 unspecified atom stereocenters. The highest BCUT2D eigenvalue weighted by Gasteiger charge is 2.37. The number of likely N-dealkylation sites (tertiary alicyclic amines) is 1. The summed E-state index contributed by atoms with van der Waals surface area (Å²) in [6.07, 6.45) is 4.23. The van der Waals surface area contributed by atoms with Crippen molar-refractivity contribution < 1.29 is 10.0 Å². The first kappa shape index (κ1) is 18.5. The van der Waals surface area contributed by atoms with Crippen LogP contribution in [0.4, 0.5) is 11.4 Å².